The summed E-state index contributed by atoms with van der Waals surface area (Å²) in [4.78, 5) is 36.2. The zero-order valence-corrected chi connectivity index (χ0v) is 58.6. The van der Waals surface area contributed by atoms with Gasteiger partial charge in [0, 0.05) is 43.3 Å². The normalized spacial score (nSPS) is 11.7. The lowest BCUT2D eigenvalue weighted by molar-refractivity contribution is 0.234. The second-order valence-electron chi connectivity index (χ2n) is 19.0. The largest absolute Gasteiger partial charge is 0.446 e. The van der Waals surface area contributed by atoms with Crippen LogP contribution in [-0.4, -0.2) is 164 Å². The first-order chi connectivity index (χ1) is 45.0. The van der Waals surface area contributed by atoms with Crippen LogP contribution in [0, 0.1) is 22.9 Å². The second-order valence-corrected chi connectivity index (χ2v) is 29.9. The van der Waals surface area contributed by atoms with Crippen LogP contribution in [0.1, 0.15) is 57.3 Å². The molecule has 0 bridgehead atoms. The molecule has 38 nitrogen and oxygen atoms in total. The van der Waals surface area contributed by atoms with Crippen molar-refractivity contribution in [3.05, 3.63) is 118 Å². The molecule has 0 aliphatic heterocycles. The Morgan fingerprint density at radius 3 is 1.59 bits per heavy atom. The quantitative estimate of drug-likeness (QED) is 0.0125. The number of hydroxylamine groups is 1. The third-order valence-corrected chi connectivity index (χ3v) is 14.5. The van der Waals surface area contributed by atoms with E-state index < -0.39 is 74.0 Å². The fourth-order valence-corrected chi connectivity index (χ4v) is 9.72. The molecule has 0 saturated heterocycles. The number of anilines is 2. The summed E-state index contributed by atoms with van der Waals surface area (Å²) in [7, 11) is -9.67. The molecule has 12 N–H and O–H groups in total. The highest BCUT2D eigenvalue weighted by Crippen LogP contribution is 2.28. The van der Waals surface area contributed by atoms with Gasteiger partial charge < -0.3 is 22.1 Å². The molecular weight excluding hydrogens is 1600 g/mol. The maximum absolute atomic E-state index is 13.5. The van der Waals surface area contributed by atoms with Gasteiger partial charge in [0.1, 0.15) is 23.1 Å². The molecule has 8 aromatic rings. The van der Waals surface area contributed by atoms with E-state index in [1.807, 2.05) is 14.9 Å². The van der Waals surface area contributed by atoms with Gasteiger partial charge in [0.25, 0.3) is 0 Å². The van der Waals surface area contributed by atoms with Crippen LogP contribution in [0.4, 0.5) is 30.5 Å². The lowest BCUT2D eigenvalue weighted by atomic mass is 10.1. The lowest BCUT2D eigenvalue weighted by Gasteiger charge is -2.09. The number of nitrogens with zero attached hydrogens (tertiary/aromatic N) is 13. The number of aliphatic imine (C=N–C) groups is 3. The third-order valence-electron chi connectivity index (χ3n) is 11.0. The Kier molecular flexibility index (Phi) is 30.9. The zero-order valence-electron chi connectivity index (χ0n) is 49.8. The zero-order chi connectivity index (χ0) is 71.1. The highest BCUT2D eigenvalue weighted by molar-refractivity contribution is 9.11. The van der Waals surface area contributed by atoms with Crippen molar-refractivity contribution >= 4 is 139 Å². The van der Waals surface area contributed by atoms with E-state index in [1.165, 1.54) is 59.2 Å². The number of nitrogens with two attached hydrogens (primary N) is 2. The summed E-state index contributed by atoms with van der Waals surface area (Å²) in [5.41, 5.74) is 14.5. The van der Waals surface area contributed by atoms with Gasteiger partial charge in [-0.2, -0.15) is 0 Å². The third kappa shape index (κ3) is 27.8. The van der Waals surface area contributed by atoms with Crippen molar-refractivity contribution in [2.75, 3.05) is 61.8 Å². The molecule has 0 atom stereocenters. The van der Waals surface area contributed by atoms with Gasteiger partial charge in [-0.05, 0) is 160 Å². The van der Waals surface area contributed by atoms with Crippen molar-refractivity contribution in [2.45, 2.75) is 52.4 Å². The van der Waals surface area contributed by atoms with E-state index in [1.54, 1.807) is 0 Å². The molecule has 0 radical (unpaired) electrons. The topological polar surface area (TPSA) is 555 Å². The van der Waals surface area contributed by atoms with Crippen LogP contribution in [0.15, 0.2) is 116 Å². The molecule has 5 heterocycles. The van der Waals surface area contributed by atoms with Gasteiger partial charge in [0.15, 0.2) is 22.9 Å². The minimum atomic E-state index is -3.74. The van der Waals surface area contributed by atoms with Gasteiger partial charge in [-0.15, -0.1) is 0 Å². The fourth-order valence-electron chi connectivity index (χ4n) is 7.17. The summed E-state index contributed by atoms with van der Waals surface area (Å²) >= 11 is 9.19. The van der Waals surface area contributed by atoms with Gasteiger partial charge in [-0.1, -0.05) is 29.3 Å². The predicted molar refractivity (Wildman–Crippen MR) is 356 cm³/mol. The molecule has 0 aliphatic rings. The van der Waals surface area contributed by atoms with Crippen LogP contribution < -0.4 is 53.3 Å². The number of halogens is 7. The molecule has 0 saturated carbocycles. The van der Waals surface area contributed by atoms with E-state index in [9.17, 15) is 61.6 Å². The predicted octanol–water partition coefficient (Wildman–Crippen LogP) is 4.36. The molecule has 530 valence electrons. The van der Waals surface area contributed by atoms with E-state index in [-0.39, 0.29) is 104 Å². The fraction of sp³-hybridized carbons (Fsp3) is 0.333. The Balaban J connectivity index is 0.000000298. The van der Waals surface area contributed by atoms with Crippen LogP contribution >= 0.6 is 58.5 Å². The summed E-state index contributed by atoms with van der Waals surface area (Å²) in [5, 5.41) is 52.5. The van der Waals surface area contributed by atoms with Gasteiger partial charge in [0.2, 0.25) is 74.3 Å². The summed E-state index contributed by atoms with van der Waals surface area (Å²) in [5.74, 6) is -3.22. The first kappa shape index (κ1) is 80.8. The summed E-state index contributed by atoms with van der Waals surface area (Å²) in [6.45, 7) is 0.828. The molecule has 3 aromatic carbocycles. The maximum atomic E-state index is 13.5. The minimum Gasteiger partial charge on any atom is -0.388 e. The number of nitrogens with one attached hydrogen (secondary N) is 7. The Morgan fingerprint density at radius 1 is 0.619 bits per heavy atom. The average molecular weight is 1660 g/mol. The van der Waals surface area contributed by atoms with E-state index in [2.05, 4.69) is 135 Å². The van der Waals surface area contributed by atoms with Crippen LogP contribution in [0.3, 0.4) is 0 Å². The number of guanidine groups is 2. The number of unbranched alkanes of at least 4 members (excludes halogenated alkanes) is 2. The summed E-state index contributed by atoms with van der Waals surface area (Å²) in [6.07, 6.45) is 7.88. The SMILES string of the molecule is C.CS(=O)(=O)Cl.CS(=O)(=O)NC(=NCCCNc1nonc1C(=Nc1ccc(F)c(Br)c1)NO)NS(C)(=O)=O.CS(=O)(=O)NC(N)=NCCCNc1nonc1-c1noc(=O)n1-c1ccc(F)c(Br)c1.N=C(N)CCCCCc1nonc1-c1noc(=O)n1-c1ccc(F)c(Br)c1. The Morgan fingerprint density at radius 2 is 1.08 bits per heavy atom. The van der Waals surface area contributed by atoms with E-state index in [0.29, 0.717) is 49.3 Å². The maximum Gasteiger partial charge on any atom is 0.446 e. The number of aryl methyl sites for hydroxylation is 1. The van der Waals surface area contributed by atoms with Gasteiger partial charge >= 0.3 is 11.5 Å². The van der Waals surface area contributed by atoms with Crippen molar-refractivity contribution in [3.8, 4) is 34.4 Å². The number of hydrogen-bond acceptors (Lipinski definition) is 30. The van der Waals surface area contributed by atoms with Gasteiger partial charge in [0.05, 0.1) is 61.3 Å². The van der Waals surface area contributed by atoms with Crippen LogP contribution in [0.25, 0.3) is 34.4 Å². The second kappa shape index (κ2) is 37.2. The van der Waals surface area contributed by atoms with Crippen molar-refractivity contribution in [3.63, 3.8) is 0 Å². The molecule has 5 aromatic heterocycles. The number of hydrogen-bond donors (Lipinski definition) is 10. The van der Waals surface area contributed by atoms with Crippen LogP contribution in [0.2, 0.25) is 0 Å². The summed E-state index contributed by atoms with van der Waals surface area (Å²) < 4.78 is 159. The Bertz CT molecular complexity index is 4640. The van der Waals surface area contributed by atoms with Crippen molar-refractivity contribution in [1.29, 1.82) is 5.41 Å². The Labute approximate surface area is 578 Å². The first-order valence-electron chi connectivity index (χ1n) is 26.5. The van der Waals surface area contributed by atoms with Crippen molar-refractivity contribution in [2.24, 2.45) is 26.4 Å². The van der Waals surface area contributed by atoms with E-state index in [4.69, 9.17) is 35.2 Å². The number of benzene rings is 3. The van der Waals surface area contributed by atoms with Crippen LogP contribution in [0.5, 0.6) is 0 Å². The molecule has 49 heteroatoms. The van der Waals surface area contributed by atoms with Gasteiger partial charge in [-0.3, -0.25) is 49.3 Å². The lowest BCUT2D eigenvalue weighted by Crippen LogP contribution is -2.43. The number of rotatable bonds is 25. The highest BCUT2D eigenvalue weighted by atomic mass is 79.9. The van der Waals surface area contributed by atoms with E-state index >= 15 is 0 Å². The van der Waals surface area contributed by atoms with E-state index in [0.717, 1.165) is 48.9 Å². The highest BCUT2D eigenvalue weighted by Gasteiger charge is 2.25. The molecule has 0 aliphatic carbocycles. The number of aromatic nitrogens is 10. The standard InChI is InChI=1S/C16H16BrFN6O3.C15H20BrFN8O6S2.C15H16BrFN8O5S.CH3ClO2S.CH4/c17-10-8-9(6-7-11(10)18)24-15(23-26-16(24)25)14-12(21-27-22-14)4-2-1-3-5-13(19)20;1-32(27,28)24-15(25-33(2,29)30)19-7-3-6-18-13-12(22-31-23-13)14(21-26)20-9-4-5-11(17)10(16)8-9;1-31(27,28)24-14(18)20-6-2-5-19-12-11(21-30-22-12)13-23-29-15(26)25(13)8-3-4-10(17)9(16)7-8;1-5(2,3)4;/h6-8H,1-5H2,(H3,19,20);4-5,8,26H,3,6-7H2,1-2H3,(H,18,23)(H,20,21)(H2,19,24,25);3-4,7H,2,5-6H2,1H3,(H,19,22)(H3,18,20,24);1H3;1H4. The molecule has 0 spiro atoms. The Hall–Kier alpha value is -8.68. The summed E-state index contributed by atoms with van der Waals surface area (Å²) in [6, 6.07) is 12.0. The van der Waals surface area contributed by atoms with Gasteiger partial charge in [-0.25, -0.2) is 84.4 Å². The minimum absolute atomic E-state index is 0. The molecule has 0 amide bonds. The molecular formula is C48H59Br3ClF3N22O16S4. The first-order valence-corrected chi connectivity index (χ1v) is 37.3. The average Bonchev–Trinajstić information content (AvgIpc) is 1.67. The number of amidine groups is 2. The van der Waals surface area contributed by atoms with Crippen LogP contribution in [-0.2, 0) is 45.5 Å². The molecule has 0 fully saturated rings. The van der Waals surface area contributed by atoms with Crippen molar-refractivity contribution in [1.82, 2.24) is 70.0 Å². The molecule has 97 heavy (non-hydrogen) atoms. The molecule has 8 rings (SSSR count). The number of sulfonamides is 3. The molecule has 0 unspecified atom stereocenters. The smallest absolute Gasteiger partial charge is 0.388 e. The monoisotopic (exact) mass is 1660 g/mol. The van der Waals surface area contributed by atoms with Crippen molar-refractivity contribution < 1.29 is 75.0 Å².